The van der Waals surface area contributed by atoms with Gasteiger partial charge in [0, 0.05) is 27.2 Å². The van der Waals surface area contributed by atoms with Gasteiger partial charge in [-0.05, 0) is 35.9 Å². The van der Waals surface area contributed by atoms with Crippen LogP contribution in [0.1, 0.15) is 11.1 Å². The Hall–Kier alpha value is -3.69. The summed E-state index contributed by atoms with van der Waals surface area (Å²) in [4.78, 5) is 31.6. The third-order valence-corrected chi connectivity index (χ3v) is 6.98. The first-order valence-electron chi connectivity index (χ1n) is 10.3. The molecule has 3 aliphatic rings. The van der Waals surface area contributed by atoms with Crippen LogP contribution in [0.5, 0.6) is 0 Å². The van der Waals surface area contributed by atoms with E-state index in [0.717, 1.165) is 11.8 Å². The third kappa shape index (κ3) is 3.04. The van der Waals surface area contributed by atoms with E-state index in [1.807, 2.05) is 0 Å². The molecule has 1 unspecified atom stereocenters. The van der Waals surface area contributed by atoms with Crippen LogP contribution >= 0.6 is 23.4 Å². The molecular formula is C24H15ClFN5O2S. The van der Waals surface area contributed by atoms with Gasteiger partial charge >= 0.3 is 0 Å². The maximum absolute atomic E-state index is 14.1. The summed E-state index contributed by atoms with van der Waals surface area (Å²) in [5, 5.41) is 13.3. The zero-order valence-corrected chi connectivity index (χ0v) is 19.0. The Morgan fingerprint density at radius 2 is 1.82 bits per heavy atom. The first-order chi connectivity index (χ1) is 16.5. The highest BCUT2D eigenvalue weighted by molar-refractivity contribution is 8.13. The van der Waals surface area contributed by atoms with E-state index in [2.05, 4.69) is 15.7 Å². The second-order valence-electron chi connectivity index (χ2n) is 7.84. The second-order valence-corrected chi connectivity index (χ2v) is 9.25. The van der Waals surface area contributed by atoms with Crippen molar-refractivity contribution in [1.82, 2.24) is 10.3 Å². The number of carbonyl (C=O) groups is 2. The summed E-state index contributed by atoms with van der Waals surface area (Å²) < 4.78 is 14.1. The van der Waals surface area contributed by atoms with Gasteiger partial charge in [0.05, 0.1) is 5.36 Å². The molecule has 0 fully saturated rings. The number of fused-ring (bicyclic) bond motifs is 5. The van der Waals surface area contributed by atoms with Crippen molar-refractivity contribution in [1.29, 1.82) is 0 Å². The van der Waals surface area contributed by atoms with Crippen LogP contribution in [0.2, 0.25) is 5.02 Å². The fourth-order valence-electron chi connectivity index (χ4n) is 4.28. The van der Waals surface area contributed by atoms with E-state index in [1.165, 1.54) is 11.1 Å². The lowest BCUT2D eigenvalue weighted by atomic mass is 9.97. The molecule has 0 bridgehead atoms. The van der Waals surface area contributed by atoms with Crippen LogP contribution in [0, 0.1) is 5.82 Å². The van der Waals surface area contributed by atoms with Crippen molar-refractivity contribution in [3.63, 3.8) is 0 Å². The number of thioether (sulfide) groups is 1. The highest BCUT2D eigenvalue weighted by atomic mass is 35.5. The smallest absolute Gasteiger partial charge is 0.279 e. The lowest BCUT2D eigenvalue weighted by Gasteiger charge is -2.39. The molecule has 10 heteroatoms. The highest BCUT2D eigenvalue weighted by Crippen LogP contribution is 2.46. The van der Waals surface area contributed by atoms with Crippen molar-refractivity contribution in [2.75, 3.05) is 5.32 Å². The largest absolute Gasteiger partial charge is 0.321 e. The van der Waals surface area contributed by atoms with Crippen LogP contribution in [0.3, 0.4) is 0 Å². The number of amides is 2. The fourth-order valence-corrected chi connectivity index (χ4v) is 5.28. The molecule has 34 heavy (non-hydrogen) atoms. The molecule has 3 aromatic rings. The highest BCUT2D eigenvalue weighted by Gasteiger charge is 2.56. The molecule has 3 heterocycles. The summed E-state index contributed by atoms with van der Waals surface area (Å²) in [5.74, 6) is -0.989. The van der Waals surface area contributed by atoms with Gasteiger partial charge < -0.3 is 5.32 Å². The molecule has 0 aliphatic carbocycles. The standard InChI is InChI=1S/C24H15ClFN5O2S/c25-14-9-10-19-16(11-14)24(22(33)27-19)29-18-8-4-2-6-15(18)20-21(32)28-23(30-31(20)24)34-12-13-5-1-3-7-17(13)26/h1-11H,12H2,(H,27,33)(H,28,30,32). The number of carbonyl (C=O) groups excluding carboxylic acids is 2. The average molecular weight is 492 g/mol. The lowest BCUT2D eigenvalue weighted by Crippen LogP contribution is -2.59. The molecule has 1 atom stereocenters. The van der Waals surface area contributed by atoms with Crippen LogP contribution in [0.25, 0.3) is 5.70 Å². The second kappa shape index (κ2) is 7.68. The van der Waals surface area contributed by atoms with Gasteiger partial charge in [0.25, 0.3) is 17.5 Å². The van der Waals surface area contributed by atoms with Crippen molar-refractivity contribution in [2.24, 2.45) is 10.1 Å². The monoisotopic (exact) mass is 491 g/mol. The van der Waals surface area contributed by atoms with E-state index >= 15 is 0 Å². The van der Waals surface area contributed by atoms with Gasteiger partial charge in [0.15, 0.2) is 5.17 Å². The molecule has 6 rings (SSSR count). The van der Waals surface area contributed by atoms with Crippen molar-refractivity contribution in [2.45, 2.75) is 11.4 Å². The first kappa shape index (κ1) is 20.9. The van der Waals surface area contributed by atoms with E-state index in [-0.39, 0.29) is 22.4 Å². The normalized spacial score (nSPS) is 20.1. The van der Waals surface area contributed by atoms with Gasteiger partial charge in [0.2, 0.25) is 0 Å². The molecule has 0 radical (unpaired) electrons. The van der Waals surface area contributed by atoms with E-state index in [1.54, 1.807) is 60.7 Å². The number of para-hydroxylation sites is 1. The van der Waals surface area contributed by atoms with Gasteiger partial charge in [-0.25, -0.2) is 14.4 Å². The van der Waals surface area contributed by atoms with Gasteiger partial charge in [-0.1, -0.05) is 59.8 Å². The molecule has 0 saturated carbocycles. The van der Waals surface area contributed by atoms with Gasteiger partial charge in [-0.2, -0.15) is 0 Å². The molecule has 7 nitrogen and oxygen atoms in total. The molecule has 2 N–H and O–H groups in total. The summed E-state index contributed by atoms with van der Waals surface area (Å²) in [5.41, 5.74) is 0.0561. The van der Waals surface area contributed by atoms with E-state index in [0.29, 0.717) is 32.4 Å². The minimum atomic E-state index is -1.65. The van der Waals surface area contributed by atoms with E-state index < -0.39 is 17.5 Å². The quantitative estimate of drug-likeness (QED) is 0.577. The van der Waals surface area contributed by atoms with Crippen LogP contribution in [0.15, 0.2) is 76.8 Å². The number of anilines is 1. The predicted molar refractivity (Wildman–Crippen MR) is 128 cm³/mol. The topological polar surface area (TPSA) is 86.2 Å². The number of nitrogens with one attached hydrogen (secondary N) is 2. The third-order valence-electron chi connectivity index (χ3n) is 5.83. The summed E-state index contributed by atoms with van der Waals surface area (Å²) in [7, 11) is 0. The maximum Gasteiger partial charge on any atom is 0.279 e. The Bertz CT molecular complexity index is 1560. The van der Waals surface area contributed by atoms with Crippen molar-refractivity contribution >= 4 is 51.7 Å². The number of hydrazone groups is 1. The maximum atomic E-state index is 14.1. The van der Waals surface area contributed by atoms with Crippen molar-refractivity contribution in [3.8, 4) is 0 Å². The van der Waals surface area contributed by atoms with Crippen molar-refractivity contribution < 1.29 is 14.0 Å². The lowest BCUT2D eigenvalue weighted by molar-refractivity contribution is -0.127. The Balaban J connectivity index is 1.53. The first-order valence-corrected chi connectivity index (χ1v) is 11.7. The Kier molecular flexibility index (Phi) is 4.72. The van der Waals surface area contributed by atoms with Crippen LogP contribution in [-0.4, -0.2) is 22.0 Å². The Morgan fingerprint density at radius 3 is 2.68 bits per heavy atom. The van der Waals surface area contributed by atoms with Crippen LogP contribution in [-0.2, 0) is 21.0 Å². The van der Waals surface area contributed by atoms with Gasteiger partial charge in [-0.15, -0.1) is 5.10 Å². The zero-order valence-electron chi connectivity index (χ0n) is 17.4. The SMILES string of the molecule is O=C1NC(SCc2ccccc2F)=NN2C1=c1ccccc1=NC21C(=O)Nc2ccc(Cl)cc21. The minimum Gasteiger partial charge on any atom is -0.321 e. The Labute approximate surface area is 202 Å². The molecule has 0 saturated heterocycles. The predicted octanol–water partition coefficient (Wildman–Crippen LogP) is 2.66. The van der Waals surface area contributed by atoms with Gasteiger partial charge in [0.1, 0.15) is 11.5 Å². The fraction of sp³-hybridized carbons (Fsp3) is 0.0833. The Morgan fingerprint density at radius 1 is 1.03 bits per heavy atom. The zero-order chi connectivity index (χ0) is 23.4. The molecular weight excluding hydrogens is 477 g/mol. The number of nitrogens with zero attached hydrogens (tertiary/aromatic N) is 3. The summed E-state index contributed by atoms with van der Waals surface area (Å²) in [6.45, 7) is 0. The molecule has 3 aliphatic heterocycles. The molecule has 168 valence electrons. The molecule has 2 amide bonds. The number of halogens is 2. The van der Waals surface area contributed by atoms with Crippen LogP contribution in [0.4, 0.5) is 10.1 Å². The number of benzene rings is 3. The average Bonchev–Trinajstić information content (AvgIpc) is 3.10. The molecule has 3 aromatic carbocycles. The summed E-state index contributed by atoms with van der Waals surface area (Å²) in [6.07, 6.45) is 0. The van der Waals surface area contributed by atoms with E-state index in [4.69, 9.17) is 16.6 Å². The van der Waals surface area contributed by atoms with E-state index in [9.17, 15) is 14.0 Å². The van der Waals surface area contributed by atoms with Crippen LogP contribution < -0.4 is 21.2 Å². The molecule has 1 spiro atoms. The summed E-state index contributed by atoms with van der Waals surface area (Å²) in [6, 6.07) is 18.5. The number of amidine groups is 1. The summed E-state index contributed by atoms with van der Waals surface area (Å²) >= 11 is 7.43. The number of rotatable bonds is 2. The van der Waals surface area contributed by atoms with Crippen molar-refractivity contribution in [3.05, 3.63) is 99.3 Å². The number of hydrogen-bond donors (Lipinski definition) is 2. The minimum absolute atomic E-state index is 0.198. The number of hydrogen-bond acceptors (Lipinski definition) is 6. The molecule has 0 aromatic heterocycles. The van der Waals surface area contributed by atoms with Gasteiger partial charge in [-0.3, -0.25) is 14.9 Å².